The molecule has 4 nitrogen and oxygen atoms in total. The quantitative estimate of drug-likeness (QED) is 0.926. The van der Waals surface area contributed by atoms with E-state index in [4.69, 9.17) is 0 Å². The van der Waals surface area contributed by atoms with Gasteiger partial charge in [-0.2, -0.15) is 5.10 Å². The zero-order valence-electron chi connectivity index (χ0n) is 12.0. The van der Waals surface area contributed by atoms with Crippen LogP contribution in [-0.4, -0.2) is 40.9 Å². The molecule has 3 rings (SSSR count). The zero-order chi connectivity index (χ0) is 13.8. The third-order valence-electron chi connectivity index (χ3n) is 3.83. The molecule has 0 radical (unpaired) electrons. The third-order valence-corrected chi connectivity index (χ3v) is 3.83. The van der Waals surface area contributed by atoms with Crippen LogP contribution in [0.25, 0.3) is 0 Å². The van der Waals surface area contributed by atoms with Crippen molar-refractivity contribution in [3.8, 4) is 0 Å². The Morgan fingerprint density at radius 1 is 1.35 bits per heavy atom. The molecule has 0 spiro atoms. The molecule has 1 N–H and O–H groups in total. The van der Waals surface area contributed by atoms with Crippen molar-refractivity contribution < 1.29 is 0 Å². The minimum Gasteiger partial charge on any atom is -0.381 e. The first-order valence-electron chi connectivity index (χ1n) is 7.31. The second-order valence-corrected chi connectivity index (χ2v) is 5.65. The van der Waals surface area contributed by atoms with Crippen molar-refractivity contribution in [2.45, 2.75) is 25.4 Å². The topological polar surface area (TPSA) is 33.1 Å². The van der Waals surface area contributed by atoms with Gasteiger partial charge in [0.2, 0.25) is 0 Å². The van der Waals surface area contributed by atoms with E-state index in [2.05, 4.69) is 46.6 Å². The first kappa shape index (κ1) is 13.2. The molecule has 0 amide bonds. The van der Waals surface area contributed by atoms with Gasteiger partial charge in [-0.05, 0) is 50.2 Å². The lowest BCUT2D eigenvalue weighted by Gasteiger charge is -2.31. The van der Waals surface area contributed by atoms with Gasteiger partial charge in [0.1, 0.15) is 0 Å². The molecule has 0 aliphatic carbocycles. The fourth-order valence-electron chi connectivity index (χ4n) is 2.86. The van der Waals surface area contributed by atoms with E-state index in [1.807, 2.05) is 23.1 Å². The van der Waals surface area contributed by atoms with E-state index in [-0.39, 0.29) is 0 Å². The molecule has 0 bridgehead atoms. The minimum absolute atomic E-state index is 0.564. The van der Waals surface area contributed by atoms with Crippen LogP contribution >= 0.6 is 0 Å². The fraction of sp³-hybridized carbons (Fsp3) is 0.438. The Morgan fingerprint density at radius 3 is 3.10 bits per heavy atom. The second kappa shape index (κ2) is 6.09. The van der Waals surface area contributed by atoms with Crippen LogP contribution in [0.1, 0.15) is 18.4 Å². The summed E-state index contributed by atoms with van der Waals surface area (Å²) in [5.41, 5.74) is 2.50. The van der Waals surface area contributed by atoms with Crippen molar-refractivity contribution in [1.82, 2.24) is 14.7 Å². The number of rotatable bonds is 4. The van der Waals surface area contributed by atoms with Crippen molar-refractivity contribution in [2.75, 3.05) is 25.5 Å². The summed E-state index contributed by atoms with van der Waals surface area (Å²) in [4.78, 5) is 2.40. The van der Waals surface area contributed by atoms with Crippen LogP contribution in [0.4, 0.5) is 5.69 Å². The molecule has 106 valence electrons. The molecule has 2 heterocycles. The lowest BCUT2D eigenvalue weighted by molar-refractivity contribution is 0.261. The smallest absolute Gasteiger partial charge is 0.0660 e. The molecule has 20 heavy (non-hydrogen) atoms. The molecule has 1 atom stereocenters. The molecule has 2 aromatic rings. The lowest BCUT2D eigenvalue weighted by atomic mass is 10.1. The van der Waals surface area contributed by atoms with E-state index in [1.165, 1.54) is 30.6 Å². The van der Waals surface area contributed by atoms with Gasteiger partial charge in [0.15, 0.2) is 0 Å². The second-order valence-electron chi connectivity index (χ2n) is 5.65. The Kier molecular flexibility index (Phi) is 4.02. The van der Waals surface area contributed by atoms with Crippen molar-refractivity contribution in [1.29, 1.82) is 0 Å². The number of piperidine rings is 1. The van der Waals surface area contributed by atoms with Gasteiger partial charge in [0.05, 0.1) is 6.54 Å². The normalized spacial score (nSPS) is 19.9. The van der Waals surface area contributed by atoms with Gasteiger partial charge in [-0.1, -0.05) is 12.1 Å². The van der Waals surface area contributed by atoms with Crippen LogP contribution < -0.4 is 5.32 Å². The highest BCUT2D eigenvalue weighted by molar-refractivity contribution is 5.46. The fourth-order valence-corrected chi connectivity index (χ4v) is 2.86. The van der Waals surface area contributed by atoms with Gasteiger partial charge in [-0.3, -0.25) is 4.68 Å². The Morgan fingerprint density at radius 2 is 2.30 bits per heavy atom. The van der Waals surface area contributed by atoms with E-state index < -0.39 is 0 Å². The highest BCUT2D eigenvalue weighted by Crippen LogP contribution is 2.17. The molecule has 1 saturated heterocycles. The monoisotopic (exact) mass is 270 g/mol. The summed E-state index contributed by atoms with van der Waals surface area (Å²) in [7, 11) is 2.20. The van der Waals surface area contributed by atoms with Crippen molar-refractivity contribution in [2.24, 2.45) is 0 Å². The summed E-state index contributed by atoms with van der Waals surface area (Å²) in [5, 5.41) is 7.92. The number of likely N-dealkylation sites (N-methyl/N-ethyl adjacent to an activating group) is 1. The molecule has 0 saturated carbocycles. The number of nitrogens with one attached hydrogen (secondary N) is 1. The highest BCUT2D eigenvalue weighted by Gasteiger charge is 2.16. The SMILES string of the molecule is CN1CCCC(Nc2cccc(Cn3cccn3)c2)C1. The molecule has 1 unspecified atom stereocenters. The van der Waals surface area contributed by atoms with Crippen LogP contribution in [0.5, 0.6) is 0 Å². The van der Waals surface area contributed by atoms with Gasteiger partial charge < -0.3 is 10.2 Å². The maximum Gasteiger partial charge on any atom is 0.0660 e. The Hall–Kier alpha value is -1.81. The zero-order valence-corrected chi connectivity index (χ0v) is 12.0. The number of likely N-dealkylation sites (tertiary alicyclic amines) is 1. The summed E-state index contributed by atoms with van der Waals surface area (Å²) >= 11 is 0. The summed E-state index contributed by atoms with van der Waals surface area (Å²) in [5.74, 6) is 0. The van der Waals surface area contributed by atoms with E-state index in [0.717, 1.165) is 13.1 Å². The maximum atomic E-state index is 4.26. The molecule has 1 fully saturated rings. The first-order chi connectivity index (χ1) is 9.79. The molecular formula is C16H22N4. The van der Waals surface area contributed by atoms with E-state index in [9.17, 15) is 0 Å². The summed E-state index contributed by atoms with van der Waals surface area (Å²) in [6, 6.07) is 11.2. The summed E-state index contributed by atoms with van der Waals surface area (Å²) in [6.07, 6.45) is 6.35. The lowest BCUT2D eigenvalue weighted by Crippen LogP contribution is -2.39. The van der Waals surface area contributed by atoms with Gasteiger partial charge in [0, 0.05) is 30.7 Å². The molecule has 1 aromatic heterocycles. The van der Waals surface area contributed by atoms with Crippen molar-refractivity contribution in [3.63, 3.8) is 0 Å². The Labute approximate surface area is 120 Å². The Bertz CT molecular complexity index is 535. The molecular weight excluding hydrogens is 248 g/mol. The van der Waals surface area contributed by atoms with Crippen molar-refractivity contribution >= 4 is 5.69 Å². The highest BCUT2D eigenvalue weighted by atomic mass is 15.3. The van der Waals surface area contributed by atoms with Crippen LogP contribution in [-0.2, 0) is 6.54 Å². The predicted octanol–water partition coefficient (Wildman–Crippen LogP) is 2.44. The molecule has 1 aromatic carbocycles. The first-order valence-corrected chi connectivity index (χ1v) is 7.31. The largest absolute Gasteiger partial charge is 0.381 e. The Balaban J connectivity index is 1.65. The molecule has 4 heteroatoms. The standard InChI is InChI=1S/C16H22N4/c1-19-9-3-7-16(13-19)18-15-6-2-5-14(11-15)12-20-10-4-8-17-20/h2,4-6,8,10-11,16,18H,3,7,9,12-13H2,1H3. The number of benzene rings is 1. The maximum absolute atomic E-state index is 4.26. The van der Waals surface area contributed by atoms with Gasteiger partial charge in [0.25, 0.3) is 0 Å². The number of hydrogen-bond acceptors (Lipinski definition) is 3. The van der Waals surface area contributed by atoms with Crippen LogP contribution in [0.2, 0.25) is 0 Å². The number of anilines is 1. The minimum atomic E-state index is 0.564. The summed E-state index contributed by atoms with van der Waals surface area (Å²) in [6.45, 7) is 3.17. The van der Waals surface area contributed by atoms with Crippen LogP contribution in [0.3, 0.4) is 0 Å². The molecule has 1 aliphatic heterocycles. The van der Waals surface area contributed by atoms with Crippen molar-refractivity contribution in [3.05, 3.63) is 48.3 Å². The number of hydrogen-bond donors (Lipinski definition) is 1. The average Bonchev–Trinajstić information content (AvgIpc) is 2.92. The van der Waals surface area contributed by atoms with Gasteiger partial charge in [-0.25, -0.2) is 0 Å². The number of nitrogens with zero attached hydrogens (tertiary/aromatic N) is 3. The van der Waals surface area contributed by atoms with Crippen LogP contribution in [0.15, 0.2) is 42.7 Å². The number of aromatic nitrogens is 2. The summed E-state index contributed by atoms with van der Waals surface area (Å²) < 4.78 is 1.95. The van der Waals surface area contributed by atoms with Crippen LogP contribution in [0, 0.1) is 0 Å². The molecule has 1 aliphatic rings. The third kappa shape index (κ3) is 3.39. The average molecular weight is 270 g/mol. The van der Waals surface area contributed by atoms with E-state index in [1.54, 1.807) is 0 Å². The van der Waals surface area contributed by atoms with Gasteiger partial charge in [-0.15, -0.1) is 0 Å². The van der Waals surface area contributed by atoms with E-state index in [0.29, 0.717) is 6.04 Å². The van der Waals surface area contributed by atoms with E-state index >= 15 is 0 Å². The van der Waals surface area contributed by atoms with Gasteiger partial charge >= 0.3 is 0 Å². The predicted molar refractivity (Wildman–Crippen MR) is 81.9 cm³/mol.